The van der Waals surface area contributed by atoms with Crippen LogP contribution in [0.3, 0.4) is 0 Å². The van der Waals surface area contributed by atoms with Gasteiger partial charge in [0.1, 0.15) is 0 Å². The molecule has 0 aromatic heterocycles. The molecule has 0 atom stereocenters. The third-order valence-electron chi connectivity index (χ3n) is 5.14. The van der Waals surface area contributed by atoms with Crippen molar-refractivity contribution >= 4 is 11.6 Å². The van der Waals surface area contributed by atoms with E-state index in [-0.39, 0.29) is 17.1 Å². The van der Waals surface area contributed by atoms with Gasteiger partial charge < -0.3 is 4.90 Å². The number of alkyl halides is 6. The van der Waals surface area contributed by atoms with Crippen molar-refractivity contribution < 1.29 is 26.3 Å². The number of rotatable bonds is 5. The average molecular weight is 450 g/mol. The Hall–Kier alpha value is -2.15. The Morgan fingerprint density at radius 3 is 2.17 bits per heavy atom. The monoisotopic (exact) mass is 449 g/mol. The van der Waals surface area contributed by atoms with Crippen molar-refractivity contribution in [3.63, 3.8) is 0 Å². The highest BCUT2D eigenvalue weighted by Crippen LogP contribution is 2.39. The van der Waals surface area contributed by atoms with Crippen LogP contribution in [0.1, 0.15) is 36.8 Å². The Balaban J connectivity index is 2.16. The molecule has 0 unspecified atom stereocenters. The number of likely N-dealkylation sites (tertiary alicyclic amines) is 1. The maximum atomic E-state index is 13.3. The van der Waals surface area contributed by atoms with Gasteiger partial charge in [-0.1, -0.05) is 49.0 Å². The van der Waals surface area contributed by atoms with Crippen LogP contribution in [0.4, 0.5) is 26.3 Å². The molecule has 1 heterocycles. The van der Waals surface area contributed by atoms with Crippen molar-refractivity contribution in [1.29, 1.82) is 0 Å². The number of nitrogens with zero attached hydrogens (tertiary/aromatic N) is 1. The molecular weight excluding hydrogens is 428 g/mol. The molecule has 30 heavy (non-hydrogen) atoms. The molecule has 0 N–H and O–H groups in total. The number of hydrogen-bond acceptors (Lipinski definition) is 1. The number of piperidine rings is 1. The molecule has 1 aromatic carbocycles. The minimum absolute atomic E-state index is 0.252. The van der Waals surface area contributed by atoms with E-state index in [1.165, 1.54) is 19.1 Å². The molecular formula is C22H22ClF6N. The fourth-order valence-electron chi connectivity index (χ4n) is 3.52. The third-order valence-corrected chi connectivity index (χ3v) is 5.50. The molecule has 0 amide bonds. The quantitative estimate of drug-likeness (QED) is 0.330. The van der Waals surface area contributed by atoms with Gasteiger partial charge in [-0.25, -0.2) is 0 Å². The molecule has 2 rings (SSSR count). The Morgan fingerprint density at radius 1 is 1.10 bits per heavy atom. The Bertz CT molecular complexity index is 855. The van der Waals surface area contributed by atoms with Gasteiger partial charge in [0.05, 0.1) is 16.2 Å². The second kappa shape index (κ2) is 9.33. The number of hydrogen-bond donors (Lipinski definition) is 0. The van der Waals surface area contributed by atoms with E-state index in [0.29, 0.717) is 31.6 Å². The maximum Gasteiger partial charge on any atom is 0.417 e. The topological polar surface area (TPSA) is 3.24 Å². The van der Waals surface area contributed by atoms with E-state index in [1.807, 2.05) is 0 Å². The van der Waals surface area contributed by atoms with Crippen LogP contribution in [-0.2, 0) is 6.18 Å². The highest BCUT2D eigenvalue weighted by Gasteiger charge is 2.36. The minimum Gasteiger partial charge on any atom is -0.372 e. The molecule has 0 aliphatic carbocycles. The molecule has 164 valence electrons. The second-order valence-electron chi connectivity index (χ2n) is 7.08. The van der Waals surface area contributed by atoms with Crippen molar-refractivity contribution in [1.82, 2.24) is 4.90 Å². The lowest BCUT2D eigenvalue weighted by Crippen LogP contribution is -2.33. The largest absolute Gasteiger partial charge is 0.417 e. The summed E-state index contributed by atoms with van der Waals surface area (Å²) >= 11 is 5.65. The molecule has 8 heteroatoms. The summed E-state index contributed by atoms with van der Waals surface area (Å²) < 4.78 is 79.5. The van der Waals surface area contributed by atoms with Gasteiger partial charge in [-0.05, 0) is 49.0 Å². The summed E-state index contributed by atoms with van der Waals surface area (Å²) in [5.41, 5.74) is -0.754. The molecule has 0 saturated carbocycles. The van der Waals surface area contributed by atoms with Crippen molar-refractivity contribution in [2.75, 3.05) is 13.1 Å². The summed E-state index contributed by atoms with van der Waals surface area (Å²) in [6, 6.07) is 5.50. The Labute approximate surface area is 177 Å². The zero-order valence-electron chi connectivity index (χ0n) is 16.4. The maximum absolute atomic E-state index is 13.3. The van der Waals surface area contributed by atoms with Crippen LogP contribution < -0.4 is 0 Å². The summed E-state index contributed by atoms with van der Waals surface area (Å²) in [7, 11) is 0. The van der Waals surface area contributed by atoms with Gasteiger partial charge in [-0.15, -0.1) is 0 Å². The molecule has 1 aliphatic rings. The van der Waals surface area contributed by atoms with Gasteiger partial charge in [0, 0.05) is 18.8 Å². The Kier molecular flexibility index (Phi) is 7.50. The highest BCUT2D eigenvalue weighted by atomic mass is 35.5. The van der Waals surface area contributed by atoms with E-state index in [2.05, 4.69) is 13.2 Å². The molecule has 1 nitrogen and oxygen atoms in total. The molecule has 1 aliphatic heterocycles. The average Bonchev–Trinajstić information content (AvgIpc) is 2.69. The zero-order chi connectivity index (χ0) is 22.7. The van der Waals surface area contributed by atoms with Gasteiger partial charge in [0.2, 0.25) is 0 Å². The number of allylic oxidation sites excluding steroid dienone is 5. The van der Waals surface area contributed by atoms with Crippen molar-refractivity contribution in [2.45, 2.75) is 38.0 Å². The first kappa shape index (κ1) is 24.1. The molecule has 1 saturated heterocycles. The fraction of sp³-hybridized carbons (Fsp3) is 0.364. The standard InChI is InChI=1S/C22H22ClF6N/c1-4-20(23)19(22(27,28)29)13-14(2)15(3)30-11-9-16(10-12-30)17-7-5-6-8-18(17)21(24,25)26/h4-8,13,16H,1,3,9-12H2,2H3/b14-13+,20-19-. The predicted molar refractivity (Wildman–Crippen MR) is 107 cm³/mol. The van der Waals surface area contributed by atoms with E-state index >= 15 is 0 Å². The van der Waals surface area contributed by atoms with E-state index in [9.17, 15) is 26.3 Å². The van der Waals surface area contributed by atoms with Gasteiger partial charge in [-0.3, -0.25) is 0 Å². The van der Waals surface area contributed by atoms with Gasteiger partial charge in [0.25, 0.3) is 0 Å². The lowest BCUT2D eigenvalue weighted by atomic mass is 9.86. The van der Waals surface area contributed by atoms with E-state index < -0.39 is 28.5 Å². The normalized spacial score (nSPS) is 17.6. The first-order chi connectivity index (χ1) is 13.9. The van der Waals surface area contributed by atoms with Crippen LogP contribution in [0.2, 0.25) is 0 Å². The molecule has 0 spiro atoms. The summed E-state index contributed by atoms with van der Waals surface area (Å²) in [6.45, 7) is 9.41. The first-order valence-corrected chi connectivity index (χ1v) is 9.62. The van der Waals surface area contributed by atoms with Crippen LogP contribution >= 0.6 is 11.6 Å². The van der Waals surface area contributed by atoms with Crippen LogP contribution in [0.5, 0.6) is 0 Å². The van der Waals surface area contributed by atoms with Crippen molar-refractivity contribution in [3.8, 4) is 0 Å². The van der Waals surface area contributed by atoms with Crippen LogP contribution in [0, 0.1) is 0 Å². The second-order valence-corrected chi connectivity index (χ2v) is 7.49. The Morgan fingerprint density at radius 2 is 1.67 bits per heavy atom. The van der Waals surface area contributed by atoms with Gasteiger partial charge in [0.15, 0.2) is 0 Å². The van der Waals surface area contributed by atoms with Crippen LogP contribution in [0.15, 0.2) is 71.5 Å². The highest BCUT2D eigenvalue weighted by molar-refractivity contribution is 6.31. The van der Waals surface area contributed by atoms with Gasteiger partial charge >= 0.3 is 12.4 Å². The zero-order valence-corrected chi connectivity index (χ0v) is 17.1. The third kappa shape index (κ3) is 5.72. The lowest BCUT2D eigenvalue weighted by molar-refractivity contribution is -0.138. The molecule has 0 bridgehead atoms. The summed E-state index contributed by atoms with van der Waals surface area (Å²) in [6.07, 6.45) is -6.37. The SMILES string of the molecule is C=C/C(Cl)=C(\C=C(/C)C(=C)N1CCC(c2ccccc2C(F)(F)F)CC1)C(F)(F)F. The first-order valence-electron chi connectivity index (χ1n) is 9.24. The fourth-order valence-corrected chi connectivity index (χ4v) is 3.68. The summed E-state index contributed by atoms with van der Waals surface area (Å²) in [4.78, 5) is 1.79. The van der Waals surface area contributed by atoms with E-state index in [1.54, 1.807) is 11.0 Å². The number of halogens is 7. The number of benzene rings is 1. The molecule has 1 fully saturated rings. The van der Waals surface area contributed by atoms with E-state index in [0.717, 1.165) is 18.2 Å². The summed E-state index contributed by atoms with van der Waals surface area (Å²) in [5.74, 6) is -0.281. The van der Waals surface area contributed by atoms with Crippen molar-refractivity contribution in [2.24, 2.45) is 0 Å². The summed E-state index contributed by atoms with van der Waals surface area (Å²) in [5, 5.41) is -0.517. The molecule has 1 aromatic rings. The van der Waals surface area contributed by atoms with Gasteiger partial charge in [-0.2, -0.15) is 26.3 Å². The van der Waals surface area contributed by atoms with E-state index in [4.69, 9.17) is 11.6 Å². The minimum atomic E-state index is -4.65. The molecule has 0 radical (unpaired) electrons. The lowest BCUT2D eigenvalue weighted by Gasteiger charge is -2.36. The smallest absolute Gasteiger partial charge is 0.372 e. The van der Waals surface area contributed by atoms with Crippen LogP contribution in [-0.4, -0.2) is 24.2 Å². The van der Waals surface area contributed by atoms with Crippen LogP contribution in [0.25, 0.3) is 0 Å². The predicted octanol–water partition coefficient (Wildman–Crippen LogP) is 7.59. The van der Waals surface area contributed by atoms with Crippen molar-refractivity contribution in [3.05, 3.63) is 82.6 Å².